The summed E-state index contributed by atoms with van der Waals surface area (Å²) in [6.07, 6.45) is 0. The largest absolute Gasteiger partial charge is 0.481 e. The van der Waals surface area contributed by atoms with Gasteiger partial charge >= 0.3 is 5.97 Å². The predicted molar refractivity (Wildman–Crippen MR) is 71.3 cm³/mol. The monoisotopic (exact) mass is 332 g/mol. The van der Waals surface area contributed by atoms with Crippen LogP contribution in [0.1, 0.15) is 18.4 Å². The number of halogens is 1. The zero-order valence-corrected chi connectivity index (χ0v) is 12.1. The first-order chi connectivity index (χ1) is 8.38. The fourth-order valence-electron chi connectivity index (χ4n) is 2.30. The van der Waals surface area contributed by atoms with Gasteiger partial charge in [0.1, 0.15) is 0 Å². The van der Waals surface area contributed by atoms with Crippen LogP contribution in [0.4, 0.5) is 0 Å². The third kappa shape index (κ3) is 2.31. The second-order valence-corrected chi connectivity index (χ2v) is 7.72. The highest BCUT2D eigenvalue weighted by Gasteiger charge is 2.62. The van der Waals surface area contributed by atoms with E-state index in [0.717, 1.165) is 10.0 Å². The zero-order valence-electron chi connectivity index (χ0n) is 9.71. The molecule has 0 aliphatic heterocycles. The molecule has 4 nitrogen and oxygen atoms in total. The molecule has 0 unspecified atom stereocenters. The molecule has 3 atom stereocenters. The Morgan fingerprint density at radius 1 is 1.33 bits per heavy atom. The number of carbonyl (C=O) groups is 1. The van der Waals surface area contributed by atoms with Crippen LogP contribution < -0.4 is 0 Å². The van der Waals surface area contributed by atoms with Gasteiger partial charge in [0.05, 0.1) is 11.2 Å². The first-order valence-electron chi connectivity index (χ1n) is 5.58. The summed E-state index contributed by atoms with van der Waals surface area (Å²) in [5.74, 6) is -2.28. The molecule has 1 aromatic rings. The molecule has 0 spiro atoms. The Balaban J connectivity index is 2.33. The highest BCUT2D eigenvalue weighted by molar-refractivity contribution is 9.10. The molecule has 2 rings (SSSR count). The second-order valence-electron chi connectivity index (χ2n) is 4.36. The van der Waals surface area contributed by atoms with E-state index in [2.05, 4.69) is 15.9 Å². The average molecular weight is 333 g/mol. The Morgan fingerprint density at radius 3 is 2.33 bits per heavy atom. The fourth-order valence-corrected chi connectivity index (χ4v) is 4.36. The number of benzene rings is 1. The van der Waals surface area contributed by atoms with Crippen molar-refractivity contribution >= 4 is 31.7 Å². The van der Waals surface area contributed by atoms with Crippen LogP contribution in [0.25, 0.3) is 0 Å². The summed E-state index contributed by atoms with van der Waals surface area (Å²) in [6, 6.07) is 7.14. The molecular formula is C12H13BrO4S. The Hall–Kier alpha value is -0.880. The van der Waals surface area contributed by atoms with Gasteiger partial charge in [0.15, 0.2) is 9.84 Å². The van der Waals surface area contributed by atoms with Crippen molar-refractivity contribution in [3.8, 4) is 0 Å². The first kappa shape index (κ1) is 13.5. The summed E-state index contributed by atoms with van der Waals surface area (Å²) >= 11 is 3.29. The van der Waals surface area contributed by atoms with Crippen molar-refractivity contribution in [1.82, 2.24) is 0 Å². The third-order valence-electron chi connectivity index (χ3n) is 3.31. The van der Waals surface area contributed by atoms with Crippen molar-refractivity contribution in [2.75, 3.05) is 5.75 Å². The Kier molecular flexibility index (Phi) is 3.51. The van der Waals surface area contributed by atoms with E-state index in [1.54, 1.807) is 31.2 Å². The SMILES string of the molecule is CCS(=O)(=O)[C@@H]1[C@@H](C(=O)O)[C@@H]1c1ccc(Br)cc1. The molecule has 1 aromatic carbocycles. The van der Waals surface area contributed by atoms with Crippen LogP contribution in [0.3, 0.4) is 0 Å². The molecular weight excluding hydrogens is 320 g/mol. The number of aliphatic carboxylic acids is 1. The topological polar surface area (TPSA) is 71.4 Å². The van der Waals surface area contributed by atoms with Crippen molar-refractivity contribution < 1.29 is 18.3 Å². The molecule has 1 N–H and O–H groups in total. The number of hydrogen-bond acceptors (Lipinski definition) is 3. The number of carboxylic acid groups (broad SMARTS) is 1. The third-order valence-corrected chi connectivity index (χ3v) is 6.06. The summed E-state index contributed by atoms with van der Waals surface area (Å²) in [4.78, 5) is 11.1. The summed E-state index contributed by atoms with van der Waals surface area (Å²) in [5.41, 5.74) is 0.771. The lowest BCUT2D eigenvalue weighted by atomic mass is 10.1. The van der Waals surface area contributed by atoms with Crippen molar-refractivity contribution in [2.45, 2.75) is 18.1 Å². The molecule has 0 bridgehead atoms. The quantitative estimate of drug-likeness (QED) is 0.915. The molecule has 0 aromatic heterocycles. The maximum absolute atomic E-state index is 11.9. The molecule has 0 radical (unpaired) electrons. The molecule has 1 fully saturated rings. The molecule has 1 saturated carbocycles. The number of hydrogen-bond donors (Lipinski definition) is 1. The average Bonchev–Trinajstić information content (AvgIpc) is 3.06. The van der Waals surface area contributed by atoms with Crippen molar-refractivity contribution in [3.05, 3.63) is 34.3 Å². The molecule has 0 amide bonds. The van der Waals surface area contributed by atoms with Gasteiger partial charge in [-0.05, 0) is 17.7 Å². The normalized spacial score (nSPS) is 26.9. The molecule has 98 valence electrons. The maximum atomic E-state index is 11.9. The molecule has 1 aliphatic carbocycles. The van der Waals surface area contributed by atoms with E-state index in [4.69, 9.17) is 5.11 Å². The summed E-state index contributed by atoms with van der Waals surface area (Å²) in [7, 11) is -3.32. The van der Waals surface area contributed by atoms with E-state index in [1.807, 2.05) is 0 Å². The Labute approximate surface area is 114 Å². The van der Waals surface area contributed by atoms with Crippen LogP contribution in [0.15, 0.2) is 28.7 Å². The molecule has 6 heteroatoms. The van der Waals surface area contributed by atoms with E-state index >= 15 is 0 Å². The minimum atomic E-state index is -3.32. The lowest BCUT2D eigenvalue weighted by molar-refractivity contribution is -0.138. The summed E-state index contributed by atoms with van der Waals surface area (Å²) in [5, 5.41) is 8.32. The maximum Gasteiger partial charge on any atom is 0.308 e. The van der Waals surface area contributed by atoms with Crippen LogP contribution in [-0.2, 0) is 14.6 Å². The Morgan fingerprint density at radius 2 is 1.89 bits per heavy atom. The lowest BCUT2D eigenvalue weighted by Crippen LogP contribution is -2.14. The van der Waals surface area contributed by atoms with Crippen LogP contribution in [0, 0.1) is 5.92 Å². The van der Waals surface area contributed by atoms with Gasteiger partial charge in [-0.2, -0.15) is 0 Å². The second kappa shape index (κ2) is 4.66. The van der Waals surface area contributed by atoms with E-state index in [-0.39, 0.29) is 5.75 Å². The highest BCUT2D eigenvalue weighted by atomic mass is 79.9. The minimum Gasteiger partial charge on any atom is -0.481 e. The highest BCUT2D eigenvalue weighted by Crippen LogP contribution is 2.52. The Bertz CT molecular complexity index is 564. The molecule has 1 aliphatic rings. The van der Waals surface area contributed by atoms with E-state index < -0.39 is 32.9 Å². The lowest BCUT2D eigenvalue weighted by Gasteiger charge is -2.00. The molecule has 0 heterocycles. The van der Waals surface area contributed by atoms with Gasteiger partial charge in [0.2, 0.25) is 0 Å². The standard InChI is InChI=1S/C12H13BrO4S/c1-2-18(16,17)11-9(10(11)12(14)15)7-3-5-8(13)6-4-7/h3-6,9-11H,2H2,1H3,(H,14,15)/t9-,10-,11-/m0/s1. The van der Waals surface area contributed by atoms with E-state index in [0.29, 0.717) is 0 Å². The van der Waals surface area contributed by atoms with Crippen LogP contribution >= 0.6 is 15.9 Å². The first-order valence-corrected chi connectivity index (χ1v) is 8.09. The van der Waals surface area contributed by atoms with E-state index in [1.165, 1.54) is 0 Å². The van der Waals surface area contributed by atoms with Crippen molar-refractivity contribution in [3.63, 3.8) is 0 Å². The number of carboxylic acids is 1. The van der Waals surface area contributed by atoms with Gasteiger partial charge in [-0.25, -0.2) is 8.42 Å². The molecule has 18 heavy (non-hydrogen) atoms. The smallest absolute Gasteiger partial charge is 0.308 e. The van der Waals surface area contributed by atoms with Crippen molar-refractivity contribution in [2.24, 2.45) is 5.92 Å². The van der Waals surface area contributed by atoms with E-state index in [9.17, 15) is 13.2 Å². The minimum absolute atomic E-state index is 0.0194. The van der Waals surface area contributed by atoms with Gasteiger partial charge in [-0.3, -0.25) is 4.79 Å². The predicted octanol–water partition coefficient (Wildman–Crippen LogP) is 2.05. The summed E-state index contributed by atoms with van der Waals surface area (Å²) < 4.78 is 24.6. The van der Waals surface area contributed by atoms with Crippen LogP contribution in [0.2, 0.25) is 0 Å². The summed E-state index contributed by atoms with van der Waals surface area (Å²) in [6.45, 7) is 1.55. The van der Waals surface area contributed by atoms with Gasteiger partial charge in [-0.1, -0.05) is 35.0 Å². The van der Waals surface area contributed by atoms with Gasteiger partial charge in [0, 0.05) is 16.1 Å². The van der Waals surface area contributed by atoms with Gasteiger partial charge < -0.3 is 5.11 Å². The molecule has 0 saturated heterocycles. The van der Waals surface area contributed by atoms with Crippen LogP contribution in [-0.4, -0.2) is 30.5 Å². The number of rotatable bonds is 4. The van der Waals surface area contributed by atoms with Crippen LogP contribution in [0.5, 0.6) is 0 Å². The zero-order chi connectivity index (χ0) is 13.5. The van der Waals surface area contributed by atoms with Crippen molar-refractivity contribution in [1.29, 1.82) is 0 Å². The van der Waals surface area contributed by atoms with Gasteiger partial charge in [-0.15, -0.1) is 0 Å². The number of sulfone groups is 1. The fraction of sp³-hybridized carbons (Fsp3) is 0.417. The van der Waals surface area contributed by atoms with Gasteiger partial charge in [0.25, 0.3) is 0 Å².